The van der Waals surface area contributed by atoms with Crippen LogP contribution < -0.4 is 5.32 Å². The third kappa shape index (κ3) is 5.25. The van der Waals surface area contributed by atoms with Gasteiger partial charge in [-0.15, -0.1) is 0 Å². The highest BCUT2D eigenvalue weighted by Crippen LogP contribution is 2.28. The van der Waals surface area contributed by atoms with Crippen molar-refractivity contribution in [3.05, 3.63) is 69.2 Å². The lowest BCUT2D eigenvalue weighted by molar-refractivity contribution is -0.127. The number of hydrogen-bond donors (Lipinski definition) is 1. The van der Waals surface area contributed by atoms with Crippen molar-refractivity contribution >= 4 is 29.1 Å². The number of aryl methyl sites for hydroxylation is 1. The molecule has 27 heavy (non-hydrogen) atoms. The molecular weight excluding hydrogens is 379 g/mol. The lowest BCUT2D eigenvalue weighted by Crippen LogP contribution is -2.41. The number of carbonyl (C=O) groups excluding carboxylic acids is 1. The molecule has 0 aliphatic carbocycles. The van der Waals surface area contributed by atoms with Crippen molar-refractivity contribution in [2.75, 3.05) is 13.1 Å². The summed E-state index contributed by atoms with van der Waals surface area (Å²) in [6.45, 7) is 6.58. The van der Waals surface area contributed by atoms with E-state index in [4.69, 9.17) is 23.2 Å². The van der Waals surface area contributed by atoms with Crippen LogP contribution in [0.3, 0.4) is 0 Å². The molecule has 0 spiro atoms. The Morgan fingerprint density at radius 3 is 2.30 bits per heavy atom. The molecule has 1 saturated heterocycles. The molecule has 0 aromatic heterocycles. The lowest BCUT2D eigenvalue weighted by Gasteiger charge is -2.32. The number of hydrogen-bond acceptors (Lipinski definition) is 2. The monoisotopic (exact) mass is 404 g/mol. The van der Waals surface area contributed by atoms with Gasteiger partial charge in [0.05, 0.1) is 6.04 Å². The Balaban J connectivity index is 1.51. The molecule has 0 unspecified atom stereocenters. The summed E-state index contributed by atoms with van der Waals surface area (Å²) in [7, 11) is 0. The third-order valence-electron chi connectivity index (χ3n) is 5.34. The molecule has 0 saturated carbocycles. The zero-order valence-electron chi connectivity index (χ0n) is 15.8. The summed E-state index contributed by atoms with van der Waals surface area (Å²) in [5.41, 5.74) is 3.33. The summed E-state index contributed by atoms with van der Waals surface area (Å²) in [6, 6.07) is 13.9. The largest absolute Gasteiger partial charge is 0.349 e. The summed E-state index contributed by atoms with van der Waals surface area (Å²) < 4.78 is 0. The van der Waals surface area contributed by atoms with E-state index in [1.165, 1.54) is 5.56 Å². The van der Waals surface area contributed by atoms with Crippen molar-refractivity contribution in [2.24, 2.45) is 5.92 Å². The van der Waals surface area contributed by atoms with E-state index in [9.17, 15) is 4.79 Å². The first-order chi connectivity index (χ1) is 12.9. The number of nitrogens with zero attached hydrogens (tertiary/aromatic N) is 1. The molecule has 1 atom stereocenters. The van der Waals surface area contributed by atoms with Gasteiger partial charge in [0.1, 0.15) is 0 Å². The minimum atomic E-state index is 0.0260. The van der Waals surface area contributed by atoms with Crippen LogP contribution in [0, 0.1) is 12.8 Å². The third-order valence-corrected chi connectivity index (χ3v) is 6.05. The highest BCUT2D eigenvalue weighted by molar-refractivity contribution is 6.35. The molecule has 1 amide bonds. The number of carbonyl (C=O) groups is 1. The van der Waals surface area contributed by atoms with E-state index in [-0.39, 0.29) is 17.9 Å². The topological polar surface area (TPSA) is 32.3 Å². The average Bonchev–Trinajstić information content (AvgIpc) is 2.66. The van der Waals surface area contributed by atoms with Crippen LogP contribution in [-0.2, 0) is 11.3 Å². The normalized spacial score (nSPS) is 16.9. The van der Waals surface area contributed by atoms with Crippen LogP contribution in [0.25, 0.3) is 0 Å². The van der Waals surface area contributed by atoms with Gasteiger partial charge in [0.15, 0.2) is 0 Å². The van der Waals surface area contributed by atoms with Crippen LogP contribution in [0.5, 0.6) is 0 Å². The molecule has 144 valence electrons. The molecule has 5 heteroatoms. The standard InChI is InChI=1S/C22H26Cl2N2O/c1-15-6-8-17(9-7-15)16(2)25-22(27)18-10-12-26(13-11-18)14-19-20(23)4-3-5-21(19)24/h3-9,16,18H,10-14H2,1-2H3,(H,25,27)/t16-/m1/s1. The predicted molar refractivity (Wildman–Crippen MR) is 112 cm³/mol. The van der Waals surface area contributed by atoms with Crippen LogP contribution in [0.2, 0.25) is 10.0 Å². The quantitative estimate of drug-likeness (QED) is 0.723. The Hall–Kier alpha value is -1.55. The summed E-state index contributed by atoms with van der Waals surface area (Å²) in [5, 5.41) is 4.57. The van der Waals surface area contributed by atoms with E-state index in [0.717, 1.165) is 43.6 Å². The fourth-order valence-corrected chi connectivity index (χ4v) is 4.05. The molecule has 2 aromatic rings. The first-order valence-electron chi connectivity index (χ1n) is 9.46. The van der Waals surface area contributed by atoms with Crippen molar-refractivity contribution in [3.8, 4) is 0 Å². The fraction of sp³-hybridized carbons (Fsp3) is 0.409. The van der Waals surface area contributed by atoms with Crippen molar-refractivity contribution in [1.29, 1.82) is 0 Å². The molecule has 2 aromatic carbocycles. The molecule has 1 heterocycles. The second-order valence-corrected chi connectivity index (χ2v) is 8.21. The van der Waals surface area contributed by atoms with Gasteiger partial charge >= 0.3 is 0 Å². The van der Waals surface area contributed by atoms with E-state index < -0.39 is 0 Å². The molecular formula is C22H26Cl2N2O. The molecule has 1 aliphatic heterocycles. The zero-order chi connectivity index (χ0) is 19.4. The van der Waals surface area contributed by atoms with Gasteiger partial charge < -0.3 is 5.32 Å². The lowest BCUT2D eigenvalue weighted by atomic mass is 9.94. The number of amides is 1. The number of nitrogens with one attached hydrogen (secondary N) is 1. The SMILES string of the molecule is Cc1ccc([C@@H](C)NC(=O)C2CCN(Cc3c(Cl)cccc3Cl)CC2)cc1. The van der Waals surface area contributed by atoms with Gasteiger partial charge in [-0.1, -0.05) is 59.1 Å². The fourth-order valence-electron chi connectivity index (χ4n) is 3.53. The Labute approximate surface area is 171 Å². The Kier molecular flexibility index (Phi) is 6.80. The number of likely N-dealkylation sites (tertiary alicyclic amines) is 1. The zero-order valence-corrected chi connectivity index (χ0v) is 17.4. The summed E-state index contributed by atoms with van der Waals surface area (Å²) in [4.78, 5) is 15.0. The van der Waals surface area contributed by atoms with Crippen LogP contribution in [0.4, 0.5) is 0 Å². The predicted octanol–water partition coefficient (Wildman–Crippen LogP) is 5.39. The van der Waals surface area contributed by atoms with Gasteiger partial charge in [-0.05, 0) is 57.5 Å². The van der Waals surface area contributed by atoms with Gasteiger partial charge in [0.25, 0.3) is 0 Å². The Bertz CT molecular complexity index is 763. The Morgan fingerprint density at radius 2 is 1.70 bits per heavy atom. The van der Waals surface area contributed by atoms with Gasteiger partial charge in [-0.3, -0.25) is 9.69 Å². The van der Waals surface area contributed by atoms with Crippen molar-refractivity contribution in [1.82, 2.24) is 10.2 Å². The summed E-state index contributed by atoms with van der Waals surface area (Å²) in [6.07, 6.45) is 1.71. The van der Waals surface area contributed by atoms with Crippen LogP contribution in [0.15, 0.2) is 42.5 Å². The summed E-state index contributed by atoms with van der Waals surface area (Å²) >= 11 is 12.6. The van der Waals surface area contributed by atoms with Crippen LogP contribution in [0.1, 0.15) is 42.5 Å². The maximum atomic E-state index is 12.7. The smallest absolute Gasteiger partial charge is 0.223 e. The Morgan fingerprint density at radius 1 is 1.11 bits per heavy atom. The number of piperidine rings is 1. The number of benzene rings is 2. The van der Waals surface area contributed by atoms with E-state index in [2.05, 4.69) is 41.4 Å². The van der Waals surface area contributed by atoms with E-state index >= 15 is 0 Å². The highest BCUT2D eigenvalue weighted by atomic mass is 35.5. The molecule has 1 fully saturated rings. The minimum Gasteiger partial charge on any atom is -0.349 e. The summed E-state index contributed by atoms with van der Waals surface area (Å²) in [5.74, 6) is 0.217. The van der Waals surface area contributed by atoms with E-state index in [1.54, 1.807) is 0 Å². The van der Waals surface area contributed by atoms with Gasteiger partial charge in [-0.2, -0.15) is 0 Å². The van der Waals surface area contributed by atoms with Crippen LogP contribution >= 0.6 is 23.2 Å². The maximum absolute atomic E-state index is 12.7. The number of halogens is 2. The molecule has 1 N–H and O–H groups in total. The van der Waals surface area contributed by atoms with Gasteiger partial charge in [0.2, 0.25) is 5.91 Å². The van der Waals surface area contributed by atoms with E-state index in [1.807, 2.05) is 25.1 Å². The average molecular weight is 405 g/mol. The second kappa shape index (κ2) is 9.09. The first kappa shape index (κ1) is 20.2. The maximum Gasteiger partial charge on any atom is 0.223 e. The first-order valence-corrected chi connectivity index (χ1v) is 10.2. The number of rotatable bonds is 5. The van der Waals surface area contributed by atoms with Crippen molar-refractivity contribution in [3.63, 3.8) is 0 Å². The molecule has 0 bridgehead atoms. The molecule has 1 aliphatic rings. The van der Waals surface area contributed by atoms with Gasteiger partial charge in [0, 0.05) is 28.1 Å². The molecule has 3 rings (SSSR count). The minimum absolute atomic E-state index is 0.0260. The van der Waals surface area contributed by atoms with Gasteiger partial charge in [-0.25, -0.2) is 0 Å². The second-order valence-electron chi connectivity index (χ2n) is 7.39. The molecule has 0 radical (unpaired) electrons. The van der Waals surface area contributed by atoms with E-state index in [0.29, 0.717) is 10.0 Å². The van der Waals surface area contributed by atoms with Crippen LogP contribution in [-0.4, -0.2) is 23.9 Å². The van der Waals surface area contributed by atoms with Crippen molar-refractivity contribution in [2.45, 2.75) is 39.3 Å². The van der Waals surface area contributed by atoms with Crippen molar-refractivity contribution < 1.29 is 4.79 Å². The highest BCUT2D eigenvalue weighted by Gasteiger charge is 2.26. The molecule has 3 nitrogen and oxygen atoms in total.